The van der Waals surface area contributed by atoms with Crippen molar-refractivity contribution in [2.24, 2.45) is 0 Å². The summed E-state index contributed by atoms with van der Waals surface area (Å²) in [5, 5.41) is 5.83. The number of para-hydroxylation sites is 2. The van der Waals surface area contributed by atoms with Crippen LogP contribution >= 0.6 is 15.9 Å². The summed E-state index contributed by atoms with van der Waals surface area (Å²) in [6.45, 7) is 3.85. The number of carbonyl (C=O) groups excluding carboxylic acids is 2. The number of rotatable bonds is 9. The van der Waals surface area contributed by atoms with E-state index in [9.17, 15) is 9.59 Å². The first-order valence-corrected chi connectivity index (χ1v) is 12.9. The van der Waals surface area contributed by atoms with Crippen LogP contribution in [0.2, 0.25) is 0 Å². The van der Waals surface area contributed by atoms with Crippen LogP contribution in [-0.2, 0) is 4.74 Å². The number of hydrogen-bond acceptors (Lipinski definition) is 6. The molecule has 3 aromatic rings. The fourth-order valence-electron chi connectivity index (χ4n) is 4.35. The lowest BCUT2D eigenvalue weighted by Crippen LogP contribution is -2.47. The molecule has 0 aromatic heterocycles. The minimum atomic E-state index is -0.245. The highest BCUT2D eigenvalue weighted by Crippen LogP contribution is 2.31. The molecule has 0 bridgehead atoms. The zero-order chi connectivity index (χ0) is 26.2. The molecule has 0 unspecified atom stereocenters. The average Bonchev–Trinajstić information content (AvgIpc) is 2.93. The molecule has 194 valence electrons. The maximum atomic E-state index is 13.2. The lowest BCUT2D eigenvalue weighted by atomic mass is 10.1. The molecule has 1 fully saturated rings. The van der Waals surface area contributed by atoms with Crippen molar-refractivity contribution in [2.45, 2.75) is 0 Å². The number of halogens is 1. The van der Waals surface area contributed by atoms with E-state index in [-0.39, 0.29) is 11.8 Å². The van der Waals surface area contributed by atoms with Crippen LogP contribution in [0.3, 0.4) is 0 Å². The molecule has 2 N–H and O–H groups in total. The summed E-state index contributed by atoms with van der Waals surface area (Å²) in [6.07, 6.45) is 0. The number of nitrogens with one attached hydrogen (secondary N) is 2. The second-order valence-electron chi connectivity index (χ2n) is 8.59. The first-order chi connectivity index (χ1) is 18.0. The lowest BCUT2D eigenvalue weighted by molar-refractivity contribution is 0.0936. The zero-order valence-electron chi connectivity index (χ0n) is 21.0. The van der Waals surface area contributed by atoms with Crippen LogP contribution in [0, 0.1) is 0 Å². The SMILES string of the molecule is COCCNC(=O)c1cc(NC(=O)c2cccc(Br)c2)ccc1N1CCN(c2ccccc2OC)CC1. The highest BCUT2D eigenvalue weighted by Gasteiger charge is 2.24. The minimum Gasteiger partial charge on any atom is -0.495 e. The second-order valence-corrected chi connectivity index (χ2v) is 9.51. The molecule has 2 amide bonds. The Hall–Kier alpha value is -3.56. The van der Waals surface area contributed by atoms with Crippen molar-refractivity contribution in [1.29, 1.82) is 0 Å². The van der Waals surface area contributed by atoms with Crippen LogP contribution < -0.4 is 25.2 Å². The number of carbonyl (C=O) groups is 2. The second kappa shape index (κ2) is 12.6. The Bertz CT molecular complexity index is 1240. The van der Waals surface area contributed by atoms with E-state index in [4.69, 9.17) is 9.47 Å². The number of ether oxygens (including phenoxy) is 2. The van der Waals surface area contributed by atoms with Gasteiger partial charge in [-0.25, -0.2) is 0 Å². The molecule has 0 saturated carbocycles. The topological polar surface area (TPSA) is 83.1 Å². The van der Waals surface area contributed by atoms with E-state index in [0.717, 1.165) is 47.8 Å². The van der Waals surface area contributed by atoms with Crippen LogP contribution in [0.1, 0.15) is 20.7 Å². The van der Waals surface area contributed by atoms with E-state index in [1.54, 1.807) is 38.5 Å². The van der Waals surface area contributed by atoms with Crippen molar-refractivity contribution in [3.63, 3.8) is 0 Å². The Balaban J connectivity index is 1.53. The van der Waals surface area contributed by atoms with Gasteiger partial charge >= 0.3 is 0 Å². The van der Waals surface area contributed by atoms with Crippen molar-refractivity contribution in [3.8, 4) is 5.75 Å². The lowest BCUT2D eigenvalue weighted by Gasteiger charge is -2.38. The first kappa shape index (κ1) is 26.5. The molecule has 1 heterocycles. The maximum absolute atomic E-state index is 13.2. The zero-order valence-corrected chi connectivity index (χ0v) is 22.6. The Kier molecular flexibility index (Phi) is 9.03. The van der Waals surface area contributed by atoms with Crippen molar-refractivity contribution in [1.82, 2.24) is 5.32 Å². The summed E-state index contributed by atoms with van der Waals surface area (Å²) >= 11 is 3.40. The van der Waals surface area contributed by atoms with Crippen LogP contribution in [0.5, 0.6) is 5.75 Å². The number of piperazine rings is 1. The Morgan fingerprint density at radius 2 is 1.59 bits per heavy atom. The molecule has 3 aromatic carbocycles. The number of nitrogens with zero attached hydrogens (tertiary/aromatic N) is 2. The average molecular weight is 567 g/mol. The van der Waals surface area contributed by atoms with Gasteiger partial charge in [0.05, 0.1) is 25.0 Å². The van der Waals surface area contributed by atoms with Gasteiger partial charge in [-0.2, -0.15) is 0 Å². The molecule has 1 aliphatic rings. The third-order valence-electron chi connectivity index (χ3n) is 6.22. The molecular weight excluding hydrogens is 536 g/mol. The van der Waals surface area contributed by atoms with Crippen LogP contribution in [0.25, 0.3) is 0 Å². The third-order valence-corrected chi connectivity index (χ3v) is 6.72. The molecule has 1 aliphatic heterocycles. The summed E-state index contributed by atoms with van der Waals surface area (Å²) in [5.74, 6) is 0.391. The smallest absolute Gasteiger partial charge is 0.255 e. The molecule has 37 heavy (non-hydrogen) atoms. The summed E-state index contributed by atoms with van der Waals surface area (Å²) in [7, 11) is 3.28. The number of benzene rings is 3. The van der Waals surface area contributed by atoms with Gasteiger partial charge in [0.1, 0.15) is 5.75 Å². The molecule has 4 rings (SSSR count). The van der Waals surface area contributed by atoms with E-state index in [2.05, 4.69) is 42.4 Å². The van der Waals surface area contributed by atoms with Gasteiger partial charge in [-0.3, -0.25) is 9.59 Å². The number of hydrogen-bond donors (Lipinski definition) is 2. The summed E-state index contributed by atoms with van der Waals surface area (Å²) in [4.78, 5) is 30.5. The summed E-state index contributed by atoms with van der Waals surface area (Å²) in [5.41, 5.74) is 3.48. The van der Waals surface area contributed by atoms with Crippen molar-refractivity contribution in [2.75, 3.05) is 68.7 Å². The Morgan fingerprint density at radius 3 is 2.30 bits per heavy atom. The molecule has 0 aliphatic carbocycles. The van der Waals surface area contributed by atoms with Crippen molar-refractivity contribution in [3.05, 3.63) is 82.3 Å². The van der Waals surface area contributed by atoms with Gasteiger partial charge in [-0.1, -0.05) is 34.1 Å². The quantitative estimate of drug-likeness (QED) is 0.373. The molecule has 0 radical (unpaired) electrons. The van der Waals surface area contributed by atoms with Gasteiger partial charge in [0, 0.05) is 61.2 Å². The Labute approximate surface area is 225 Å². The number of anilines is 3. The Morgan fingerprint density at radius 1 is 0.865 bits per heavy atom. The maximum Gasteiger partial charge on any atom is 0.255 e. The fraction of sp³-hybridized carbons (Fsp3) is 0.286. The predicted molar refractivity (Wildman–Crippen MR) is 150 cm³/mol. The highest BCUT2D eigenvalue weighted by atomic mass is 79.9. The van der Waals surface area contributed by atoms with Crippen molar-refractivity contribution >= 4 is 44.8 Å². The molecule has 0 spiro atoms. The van der Waals surface area contributed by atoms with Crippen molar-refractivity contribution < 1.29 is 19.1 Å². The number of amides is 2. The van der Waals surface area contributed by atoms with Crippen LogP contribution in [0.4, 0.5) is 17.1 Å². The van der Waals surface area contributed by atoms with Crippen LogP contribution in [0.15, 0.2) is 71.2 Å². The predicted octanol–water partition coefficient (Wildman–Crippen LogP) is 4.41. The summed E-state index contributed by atoms with van der Waals surface area (Å²) in [6, 6.07) is 20.6. The molecular formula is C28H31BrN4O4. The van der Waals surface area contributed by atoms with E-state index in [0.29, 0.717) is 30.0 Å². The van der Waals surface area contributed by atoms with E-state index in [1.807, 2.05) is 36.4 Å². The van der Waals surface area contributed by atoms with Gasteiger partial charge in [-0.05, 0) is 48.5 Å². The normalized spacial score (nSPS) is 13.3. The van der Waals surface area contributed by atoms with Crippen LogP contribution in [-0.4, -0.2) is 65.4 Å². The first-order valence-electron chi connectivity index (χ1n) is 12.1. The van der Waals surface area contributed by atoms with E-state index < -0.39 is 0 Å². The molecule has 8 nitrogen and oxygen atoms in total. The number of methoxy groups -OCH3 is 2. The van der Waals surface area contributed by atoms with E-state index in [1.165, 1.54) is 0 Å². The third kappa shape index (κ3) is 6.61. The minimum absolute atomic E-state index is 0.210. The van der Waals surface area contributed by atoms with Gasteiger partial charge < -0.3 is 29.9 Å². The monoisotopic (exact) mass is 566 g/mol. The van der Waals surface area contributed by atoms with Gasteiger partial charge in [-0.15, -0.1) is 0 Å². The molecule has 1 saturated heterocycles. The largest absolute Gasteiger partial charge is 0.495 e. The molecule has 9 heteroatoms. The van der Waals surface area contributed by atoms with E-state index >= 15 is 0 Å². The fourth-order valence-corrected chi connectivity index (χ4v) is 4.74. The summed E-state index contributed by atoms with van der Waals surface area (Å²) < 4.78 is 11.4. The van der Waals surface area contributed by atoms with Gasteiger partial charge in [0.25, 0.3) is 11.8 Å². The van der Waals surface area contributed by atoms with Gasteiger partial charge in [0.2, 0.25) is 0 Å². The molecule has 0 atom stereocenters. The standard InChI is InChI=1S/C28H31BrN4O4/c1-36-17-12-30-28(35)23-19-22(31-27(34)20-6-5-7-21(29)18-20)10-11-24(23)32-13-15-33(16-14-32)25-8-3-4-9-26(25)37-2/h3-11,18-19H,12-17H2,1-2H3,(H,30,35)(H,31,34). The van der Waals surface area contributed by atoms with Gasteiger partial charge in [0.15, 0.2) is 0 Å². The highest BCUT2D eigenvalue weighted by molar-refractivity contribution is 9.10.